The number of hydrogen-bond donors (Lipinski definition) is 2. The maximum absolute atomic E-state index is 13.4. The van der Waals surface area contributed by atoms with E-state index < -0.39 is 18.0 Å². The molecule has 0 fully saturated rings. The maximum Gasteiger partial charge on any atom is 0.165 e. The van der Waals surface area contributed by atoms with E-state index in [4.69, 9.17) is 20.3 Å². The minimum Gasteiger partial charge on any atom is -0.483 e. The smallest absolute Gasteiger partial charge is 0.165 e. The summed E-state index contributed by atoms with van der Waals surface area (Å²) in [5, 5.41) is 9.16. The van der Waals surface area contributed by atoms with Gasteiger partial charge in [0.25, 0.3) is 0 Å². The van der Waals surface area contributed by atoms with E-state index in [0.717, 1.165) is 5.56 Å². The number of methoxy groups -OCH3 is 1. The van der Waals surface area contributed by atoms with E-state index >= 15 is 0 Å². The largest absolute Gasteiger partial charge is 0.483 e. The fourth-order valence-corrected chi connectivity index (χ4v) is 1.42. The second-order valence-corrected chi connectivity index (χ2v) is 3.89. The van der Waals surface area contributed by atoms with E-state index in [1.54, 1.807) is 12.1 Å². The van der Waals surface area contributed by atoms with Crippen molar-refractivity contribution in [1.82, 2.24) is 0 Å². The van der Waals surface area contributed by atoms with Gasteiger partial charge in [-0.25, -0.2) is 4.39 Å². The molecule has 3 N–H and O–H groups in total. The Kier molecular flexibility index (Phi) is 5.34. The van der Waals surface area contributed by atoms with Crippen molar-refractivity contribution in [2.45, 2.75) is 19.1 Å². The Morgan fingerprint density at radius 3 is 2.76 bits per heavy atom. The number of benzene rings is 1. The first kappa shape index (κ1) is 13.9. The van der Waals surface area contributed by atoms with Gasteiger partial charge in [-0.15, -0.1) is 0 Å². The topological polar surface area (TPSA) is 64.7 Å². The fourth-order valence-electron chi connectivity index (χ4n) is 1.42. The minimum absolute atomic E-state index is 0.0932. The first-order valence-electron chi connectivity index (χ1n) is 5.36. The monoisotopic (exact) mass is 243 g/mol. The maximum atomic E-state index is 13.4. The predicted molar refractivity (Wildman–Crippen MR) is 62.5 cm³/mol. The second-order valence-electron chi connectivity index (χ2n) is 3.89. The van der Waals surface area contributed by atoms with Crippen molar-refractivity contribution in [3.05, 3.63) is 29.6 Å². The highest BCUT2D eigenvalue weighted by molar-refractivity contribution is 5.29. The summed E-state index contributed by atoms with van der Waals surface area (Å²) < 4.78 is 23.7. The molecule has 0 amide bonds. The lowest BCUT2D eigenvalue weighted by Crippen LogP contribution is -2.44. The first-order valence-corrected chi connectivity index (χ1v) is 5.36. The van der Waals surface area contributed by atoms with Crippen molar-refractivity contribution >= 4 is 0 Å². The van der Waals surface area contributed by atoms with Gasteiger partial charge in [-0.05, 0) is 24.6 Å². The van der Waals surface area contributed by atoms with Crippen molar-refractivity contribution < 1.29 is 19.0 Å². The Hall–Kier alpha value is -1.17. The zero-order valence-corrected chi connectivity index (χ0v) is 10.0. The van der Waals surface area contributed by atoms with E-state index in [9.17, 15) is 4.39 Å². The van der Waals surface area contributed by atoms with Gasteiger partial charge in [0.2, 0.25) is 0 Å². The highest BCUT2D eigenvalue weighted by atomic mass is 19.1. The number of ether oxygens (including phenoxy) is 2. The zero-order chi connectivity index (χ0) is 12.8. The van der Waals surface area contributed by atoms with E-state index in [-0.39, 0.29) is 19.0 Å². The molecule has 96 valence electrons. The van der Waals surface area contributed by atoms with Crippen LogP contribution < -0.4 is 10.5 Å². The van der Waals surface area contributed by atoms with Crippen molar-refractivity contribution in [3.8, 4) is 5.75 Å². The summed E-state index contributed by atoms with van der Waals surface area (Å²) >= 11 is 0. The molecule has 2 unspecified atom stereocenters. The fraction of sp³-hybridized carbons (Fsp3) is 0.500. The molecule has 0 saturated heterocycles. The lowest BCUT2D eigenvalue weighted by molar-refractivity contribution is 0.0580. The normalized spacial score (nSPS) is 14.4. The molecule has 1 aromatic carbocycles. The van der Waals surface area contributed by atoms with Gasteiger partial charge in [0, 0.05) is 7.11 Å². The van der Waals surface area contributed by atoms with Crippen LogP contribution in [0.4, 0.5) is 4.39 Å². The van der Waals surface area contributed by atoms with Crippen LogP contribution in [0.25, 0.3) is 0 Å². The molecule has 1 aromatic rings. The van der Waals surface area contributed by atoms with Crippen LogP contribution in [-0.4, -0.2) is 37.6 Å². The third-order valence-electron chi connectivity index (χ3n) is 2.38. The van der Waals surface area contributed by atoms with Crippen LogP contribution in [0.5, 0.6) is 5.75 Å². The van der Waals surface area contributed by atoms with Crippen LogP contribution in [0.1, 0.15) is 5.56 Å². The zero-order valence-electron chi connectivity index (χ0n) is 10.0. The average molecular weight is 243 g/mol. The summed E-state index contributed by atoms with van der Waals surface area (Å²) in [4.78, 5) is 0. The number of aliphatic hydroxyl groups excluding tert-OH is 1. The standard InChI is InChI=1S/C12H18FNO3/c1-8-3-4-9(13)11(5-8)17-12(6-15)10(14)7-16-2/h3-5,10,12,15H,6-7,14H2,1-2H3. The molecule has 0 saturated carbocycles. The lowest BCUT2D eigenvalue weighted by Gasteiger charge is -2.23. The first-order chi connectivity index (χ1) is 8.08. The number of aryl methyl sites for hydroxylation is 1. The van der Waals surface area contributed by atoms with Crippen molar-refractivity contribution in [3.63, 3.8) is 0 Å². The van der Waals surface area contributed by atoms with E-state index in [0.29, 0.717) is 0 Å². The summed E-state index contributed by atoms with van der Waals surface area (Å²) in [5.74, 6) is -0.380. The van der Waals surface area contributed by atoms with Gasteiger partial charge in [0.1, 0.15) is 6.10 Å². The molecule has 0 aromatic heterocycles. The molecule has 1 rings (SSSR count). The Labute approximate surface area is 100 Å². The lowest BCUT2D eigenvalue weighted by atomic mass is 10.2. The SMILES string of the molecule is COCC(N)C(CO)Oc1cc(C)ccc1F. The van der Waals surface area contributed by atoms with Gasteiger partial charge in [-0.2, -0.15) is 0 Å². The van der Waals surface area contributed by atoms with Gasteiger partial charge < -0.3 is 20.3 Å². The Morgan fingerprint density at radius 2 is 2.18 bits per heavy atom. The van der Waals surface area contributed by atoms with Crippen molar-refractivity contribution in [1.29, 1.82) is 0 Å². The highest BCUT2D eigenvalue weighted by Gasteiger charge is 2.20. The van der Waals surface area contributed by atoms with Gasteiger partial charge in [0.15, 0.2) is 11.6 Å². The van der Waals surface area contributed by atoms with Gasteiger partial charge in [0.05, 0.1) is 19.3 Å². The van der Waals surface area contributed by atoms with Crippen LogP contribution in [-0.2, 0) is 4.74 Å². The molecule has 4 nitrogen and oxygen atoms in total. The summed E-state index contributed by atoms with van der Waals surface area (Å²) in [5.41, 5.74) is 6.62. The Balaban J connectivity index is 2.76. The molecular weight excluding hydrogens is 225 g/mol. The highest BCUT2D eigenvalue weighted by Crippen LogP contribution is 2.20. The molecule has 0 radical (unpaired) electrons. The van der Waals surface area contributed by atoms with Gasteiger partial charge >= 0.3 is 0 Å². The summed E-state index contributed by atoms with van der Waals surface area (Å²) in [6.45, 7) is 1.77. The molecule has 0 heterocycles. The van der Waals surface area contributed by atoms with Crippen LogP contribution in [0.2, 0.25) is 0 Å². The summed E-state index contributed by atoms with van der Waals surface area (Å²) in [6.07, 6.45) is -0.689. The molecule has 0 aliphatic carbocycles. The predicted octanol–water partition coefficient (Wildman–Crippen LogP) is 0.848. The molecule has 5 heteroatoms. The Bertz CT molecular complexity index is 360. The van der Waals surface area contributed by atoms with Crippen molar-refractivity contribution in [2.24, 2.45) is 5.73 Å². The number of hydrogen-bond acceptors (Lipinski definition) is 4. The number of nitrogens with two attached hydrogens (primary N) is 1. The molecular formula is C12H18FNO3. The van der Waals surface area contributed by atoms with E-state index in [1.807, 2.05) is 6.92 Å². The minimum atomic E-state index is -0.689. The van der Waals surface area contributed by atoms with Crippen LogP contribution in [0, 0.1) is 12.7 Å². The van der Waals surface area contributed by atoms with Crippen molar-refractivity contribution in [2.75, 3.05) is 20.3 Å². The molecule has 0 bridgehead atoms. The van der Waals surface area contributed by atoms with Gasteiger partial charge in [-0.1, -0.05) is 6.07 Å². The van der Waals surface area contributed by atoms with Crippen LogP contribution >= 0.6 is 0 Å². The number of halogens is 1. The Morgan fingerprint density at radius 1 is 1.47 bits per heavy atom. The number of rotatable bonds is 6. The number of aliphatic hydroxyl groups is 1. The molecule has 0 aliphatic heterocycles. The van der Waals surface area contributed by atoms with Gasteiger partial charge in [-0.3, -0.25) is 0 Å². The summed E-state index contributed by atoms with van der Waals surface area (Å²) in [6, 6.07) is 4.02. The molecule has 17 heavy (non-hydrogen) atoms. The summed E-state index contributed by atoms with van der Waals surface area (Å²) in [7, 11) is 1.50. The molecule has 0 spiro atoms. The third kappa shape index (κ3) is 3.96. The van der Waals surface area contributed by atoms with E-state index in [2.05, 4.69) is 0 Å². The average Bonchev–Trinajstić information content (AvgIpc) is 2.30. The third-order valence-corrected chi connectivity index (χ3v) is 2.38. The molecule has 2 atom stereocenters. The quantitative estimate of drug-likeness (QED) is 0.777. The van der Waals surface area contributed by atoms with Crippen LogP contribution in [0.15, 0.2) is 18.2 Å². The van der Waals surface area contributed by atoms with Crippen LogP contribution in [0.3, 0.4) is 0 Å². The van der Waals surface area contributed by atoms with E-state index in [1.165, 1.54) is 13.2 Å². The molecule has 0 aliphatic rings. The second kappa shape index (κ2) is 6.54.